The largest absolute Gasteiger partial charge is 0.456 e. The smallest absolute Gasteiger partial charge is 0.252 e. The van der Waals surface area contributed by atoms with Crippen LogP contribution in [0.3, 0.4) is 0 Å². The minimum absolute atomic E-state index is 0.312. The van der Waals surface area contributed by atoms with Gasteiger partial charge in [-0.2, -0.15) is 0 Å². The molecule has 0 saturated heterocycles. The molecule has 18 heavy (non-hydrogen) atoms. The Morgan fingerprint density at radius 1 is 1.11 bits per heavy atom. The molecule has 0 unspecified atom stereocenters. The van der Waals surface area contributed by atoms with Crippen LogP contribution in [0.4, 0.5) is 5.69 Å². The zero-order valence-corrected chi connectivity index (χ0v) is 10.0. The van der Waals surface area contributed by atoms with Crippen molar-refractivity contribution in [3.05, 3.63) is 53.6 Å². The number of nitrogens with two attached hydrogens (primary N) is 2. The molecule has 4 heteroatoms. The van der Waals surface area contributed by atoms with Gasteiger partial charge in [-0.1, -0.05) is 18.2 Å². The van der Waals surface area contributed by atoms with Crippen molar-refractivity contribution in [2.24, 2.45) is 5.73 Å². The summed E-state index contributed by atoms with van der Waals surface area (Å²) in [4.78, 5) is 11.3. The van der Waals surface area contributed by atoms with Gasteiger partial charge < -0.3 is 16.2 Å². The number of para-hydroxylation sites is 1. The Kier molecular flexibility index (Phi) is 3.19. The molecule has 0 spiro atoms. The molecular weight excluding hydrogens is 228 g/mol. The van der Waals surface area contributed by atoms with E-state index in [4.69, 9.17) is 16.2 Å². The van der Waals surface area contributed by atoms with Crippen molar-refractivity contribution in [3.8, 4) is 11.5 Å². The van der Waals surface area contributed by atoms with Crippen LogP contribution in [0.15, 0.2) is 42.5 Å². The average Bonchev–Trinajstić information content (AvgIpc) is 2.32. The summed E-state index contributed by atoms with van der Waals surface area (Å²) in [7, 11) is 0. The Balaban J connectivity index is 2.42. The van der Waals surface area contributed by atoms with Gasteiger partial charge in [-0.05, 0) is 30.7 Å². The number of hydrogen-bond acceptors (Lipinski definition) is 3. The Morgan fingerprint density at radius 3 is 2.50 bits per heavy atom. The first-order valence-electron chi connectivity index (χ1n) is 5.51. The predicted octanol–water partition coefficient (Wildman–Crippen LogP) is 2.47. The number of hydrogen-bond donors (Lipinski definition) is 2. The minimum atomic E-state index is -0.543. The van der Waals surface area contributed by atoms with Crippen molar-refractivity contribution in [2.75, 3.05) is 5.73 Å². The molecule has 0 aromatic heterocycles. The maximum Gasteiger partial charge on any atom is 0.252 e. The van der Waals surface area contributed by atoms with Gasteiger partial charge in [-0.3, -0.25) is 4.79 Å². The lowest BCUT2D eigenvalue weighted by Crippen LogP contribution is -2.12. The first-order valence-corrected chi connectivity index (χ1v) is 5.51. The fraction of sp³-hybridized carbons (Fsp3) is 0.0714. The van der Waals surface area contributed by atoms with Crippen LogP contribution in [0.5, 0.6) is 11.5 Å². The number of anilines is 1. The second kappa shape index (κ2) is 4.79. The van der Waals surface area contributed by atoms with Crippen molar-refractivity contribution in [2.45, 2.75) is 6.92 Å². The molecule has 0 atom stereocenters. The lowest BCUT2D eigenvalue weighted by Gasteiger charge is -2.11. The van der Waals surface area contributed by atoms with Crippen LogP contribution in [-0.4, -0.2) is 5.91 Å². The lowest BCUT2D eigenvalue weighted by molar-refractivity contribution is 0.0998. The maximum absolute atomic E-state index is 11.3. The fourth-order valence-electron chi connectivity index (χ4n) is 1.62. The zero-order valence-electron chi connectivity index (χ0n) is 10.0. The number of carbonyl (C=O) groups excluding carboxylic acids is 1. The Morgan fingerprint density at radius 2 is 1.83 bits per heavy atom. The molecule has 0 aliphatic carbocycles. The second-order valence-electron chi connectivity index (χ2n) is 3.99. The molecule has 2 aromatic rings. The van der Waals surface area contributed by atoms with Crippen LogP contribution in [-0.2, 0) is 0 Å². The molecule has 0 aliphatic heterocycles. The monoisotopic (exact) mass is 242 g/mol. The summed E-state index contributed by atoms with van der Waals surface area (Å²) in [5, 5.41) is 0. The third-order valence-electron chi connectivity index (χ3n) is 2.58. The fourth-order valence-corrected chi connectivity index (χ4v) is 1.62. The molecule has 2 rings (SSSR count). The van der Waals surface area contributed by atoms with E-state index in [2.05, 4.69) is 0 Å². The van der Waals surface area contributed by atoms with E-state index in [1.807, 2.05) is 31.2 Å². The van der Waals surface area contributed by atoms with Gasteiger partial charge in [0.1, 0.15) is 11.5 Å². The number of nitrogen functional groups attached to an aromatic ring is 1. The molecular formula is C14H14N2O2. The number of ether oxygens (including phenoxy) is 1. The average molecular weight is 242 g/mol. The van der Waals surface area contributed by atoms with E-state index in [1.54, 1.807) is 18.2 Å². The van der Waals surface area contributed by atoms with Gasteiger partial charge in [0, 0.05) is 11.8 Å². The Bertz CT molecular complexity index is 594. The van der Waals surface area contributed by atoms with Crippen molar-refractivity contribution >= 4 is 11.6 Å². The second-order valence-corrected chi connectivity index (χ2v) is 3.99. The molecule has 92 valence electrons. The van der Waals surface area contributed by atoms with Gasteiger partial charge in [0.15, 0.2) is 0 Å². The SMILES string of the molecule is Cc1ccccc1Oc1cc(N)ccc1C(N)=O. The van der Waals surface area contributed by atoms with Crippen LogP contribution in [0.1, 0.15) is 15.9 Å². The molecule has 2 aromatic carbocycles. The summed E-state index contributed by atoms with van der Waals surface area (Å²) in [5.74, 6) is 0.501. The van der Waals surface area contributed by atoms with Crippen LogP contribution in [0, 0.1) is 6.92 Å². The van der Waals surface area contributed by atoms with Crippen molar-refractivity contribution in [1.29, 1.82) is 0 Å². The van der Waals surface area contributed by atoms with Crippen molar-refractivity contribution in [3.63, 3.8) is 0 Å². The van der Waals surface area contributed by atoms with Crippen LogP contribution in [0.25, 0.3) is 0 Å². The number of aryl methyl sites for hydroxylation is 1. The van der Waals surface area contributed by atoms with E-state index >= 15 is 0 Å². The van der Waals surface area contributed by atoms with Crippen LogP contribution < -0.4 is 16.2 Å². The van der Waals surface area contributed by atoms with Gasteiger partial charge in [0.25, 0.3) is 5.91 Å². The highest BCUT2D eigenvalue weighted by Crippen LogP contribution is 2.29. The first-order chi connectivity index (χ1) is 8.58. The highest BCUT2D eigenvalue weighted by molar-refractivity contribution is 5.96. The highest BCUT2D eigenvalue weighted by atomic mass is 16.5. The van der Waals surface area contributed by atoms with Gasteiger partial charge >= 0.3 is 0 Å². The van der Waals surface area contributed by atoms with E-state index in [9.17, 15) is 4.79 Å². The van der Waals surface area contributed by atoms with Crippen LogP contribution in [0.2, 0.25) is 0 Å². The standard InChI is InChI=1S/C14H14N2O2/c1-9-4-2-3-5-12(9)18-13-8-10(15)6-7-11(13)14(16)17/h2-8H,15H2,1H3,(H2,16,17). The van der Waals surface area contributed by atoms with Gasteiger partial charge in [0.2, 0.25) is 0 Å². The number of rotatable bonds is 3. The molecule has 0 aliphatic rings. The van der Waals surface area contributed by atoms with E-state index in [0.29, 0.717) is 22.7 Å². The molecule has 0 fully saturated rings. The normalized spacial score (nSPS) is 10.1. The predicted molar refractivity (Wildman–Crippen MR) is 70.6 cm³/mol. The summed E-state index contributed by atoms with van der Waals surface area (Å²) in [6.07, 6.45) is 0. The molecule has 4 N–H and O–H groups in total. The zero-order chi connectivity index (χ0) is 13.1. The Labute approximate surface area is 105 Å². The summed E-state index contributed by atoms with van der Waals surface area (Å²) in [6.45, 7) is 1.92. The van der Waals surface area contributed by atoms with E-state index in [1.165, 1.54) is 0 Å². The number of carbonyl (C=O) groups is 1. The van der Waals surface area contributed by atoms with E-state index < -0.39 is 5.91 Å². The van der Waals surface area contributed by atoms with Gasteiger partial charge in [0.05, 0.1) is 5.56 Å². The third-order valence-corrected chi connectivity index (χ3v) is 2.58. The summed E-state index contributed by atoms with van der Waals surface area (Å²) < 4.78 is 5.70. The van der Waals surface area contributed by atoms with Crippen LogP contribution >= 0.6 is 0 Å². The van der Waals surface area contributed by atoms with E-state index in [0.717, 1.165) is 5.56 Å². The summed E-state index contributed by atoms with van der Waals surface area (Å²) >= 11 is 0. The van der Waals surface area contributed by atoms with Gasteiger partial charge in [-0.15, -0.1) is 0 Å². The molecule has 0 heterocycles. The molecule has 0 bridgehead atoms. The van der Waals surface area contributed by atoms with E-state index in [-0.39, 0.29) is 0 Å². The number of benzene rings is 2. The molecule has 0 radical (unpaired) electrons. The molecule has 4 nitrogen and oxygen atoms in total. The lowest BCUT2D eigenvalue weighted by atomic mass is 10.1. The van der Waals surface area contributed by atoms with Gasteiger partial charge in [-0.25, -0.2) is 0 Å². The maximum atomic E-state index is 11.3. The quantitative estimate of drug-likeness (QED) is 0.811. The minimum Gasteiger partial charge on any atom is -0.456 e. The molecule has 1 amide bonds. The Hall–Kier alpha value is -2.49. The van der Waals surface area contributed by atoms with Crippen molar-refractivity contribution < 1.29 is 9.53 Å². The number of primary amides is 1. The highest BCUT2D eigenvalue weighted by Gasteiger charge is 2.11. The topological polar surface area (TPSA) is 78.3 Å². The number of amides is 1. The summed E-state index contributed by atoms with van der Waals surface area (Å²) in [5.41, 5.74) is 12.8. The van der Waals surface area contributed by atoms with Crippen molar-refractivity contribution in [1.82, 2.24) is 0 Å². The molecule has 0 saturated carbocycles. The first kappa shape index (κ1) is 12.0. The third kappa shape index (κ3) is 2.43. The summed E-state index contributed by atoms with van der Waals surface area (Å²) in [6, 6.07) is 12.3.